The molecule has 5 heteroatoms. The van der Waals surface area contributed by atoms with E-state index < -0.39 is 9.84 Å². The summed E-state index contributed by atoms with van der Waals surface area (Å²) in [5.41, 5.74) is 2.14. The van der Waals surface area contributed by atoms with Crippen molar-refractivity contribution in [1.82, 2.24) is 4.98 Å². The molecule has 1 saturated carbocycles. The zero-order chi connectivity index (χ0) is 19.4. The standard InChI is InChI=1S/C22H29NO3S/c1-16(2)27(25,26)15-17-7-9-19(10-8-17)22(24)12-11-18-13-14-23-21-6-4-3-5-20(18)21/h3-6,13-14,16-17,19H,7-12,15H2,1-2H3. The summed E-state index contributed by atoms with van der Waals surface area (Å²) in [5.74, 6) is 0.900. The Morgan fingerprint density at radius 2 is 1.81 bits per heavy atom. The van der Waals surface area contributed by atoms with Crippen LogP contribution in [0.3, 0.4) is 0 Å². The molecule has 3 rings (SSSR count). The molecule has 0 aliphatic heterocycles. The van der Waals surface area contributed by atoms with Crippen LogP contribution in [0.1, 0.15) is 51.5 Å². The number of sulfone groups is 1. The Bertz CT molecular complexity index is 891. The van der Waals surface area contributed by atoms with Crippen LogP contribution in [0.4, 0.5) is 0 Å². The van der Waals surface area contributed by atoms with Crippen molar-refractivity contribution in [3.05, 3.63) is 42.1 Å². The summed E-state index contributed by atoms with van der Waals surface area (Å²) in [6, 6.07) is 10.0. The second-order valence-corrected chi connectivity index (χ2v) is 10.7. The molecule has 1 heterocycles. The minimum atomic E-state index is -2.99. The average Bonchev–Trinajstić information content (AvgIpc) is 2.66. The molecule has 0 spiro atoms. The Balaban J connectivity index is 1.53. The number of aromatic nitrogens is 1. The second kappa shape index (κ2) is 8.51. The van der Waals surface area contributed by atoms with Crippen LogP contribution in [0.15, 0.2) is 36.5 Å². The quantitative estimate of drug-likeness (QED) is 0.708. The number of ketones is 1. The highest BCUT2D eigenvalue weighted by atomic mass is 32.2. The van der Waals surface area contributed by atoms with E-state index in [1.807, 2.05) is 30.5 Å². The van der Waals surface area contributed by atoms with Crippen LogP contribution in [0.25, 0.3) is 10.9 Å². The highest BCUT2D eigenvalue weighted by molar-refractivity contribution is 7.91. The molecule has 146 valence electrons. The van der Waals surface area contributed by atoms with Gasteiger partial charge >= 0.3 is 0 Å². The number of fused-ring (bicyclic) bond motifs is 1. The molecule has 1 aromatic carbocycles. The molecule has 0 unspecified atom stereocenters. The number of pyridine rings is 1. The SMILES string of the molecule is CC(C)S(=O)(=O)CC1CCC(C(=O)CCc2ccnc3ccccc23)CC1. The van der Waals surface area contributed by atoms with Crippen molar-refractivity contribution in [2.75, 3.05) is 5.75 Å². The lowest BCUT2D eigenvalue weighted by Crippen LogP contribution is -2.28. The number of carbonyl (C=O) groups excluding carboxylic acids is 1. The molecule has 0 N–H and O–H groups in total. The molecule has 0 saturated heterocycles. The van der Waals surface area contributed by atoms with Gasteiger partial charge in [0.15, 0.2) is 9.84 Å². The molecule has 0 radical (unpaired) electrons. The zero-order valence-electron chi connectivity index (χ0n) is 16.2. The van der Waals surface area contributed by atoms with Crippen molar-refractivity contribution < 1.29 is 13.2 Å². The van der Waals surface area contributed by atoms with Crippen LogP contribution >= 0.6 is 0 Å². The van der Waals surface area contributed by atoms with Crippen LogP contribution in [-0.4, -0.2) is 30.2 Å². The van der Waals surface area contributed by atoms with Crippen molar-refractivity contribution in [1.29, 1.82) is 0 Å². The number of nitrogens with zero attached hydrogens (tertiary/aromatic N) is 1. The molecule has 1 aliphatic carbocycles. The molecule has 27 heavy (non-hydrogen) atoms. The lowest BCUT2D eigenvalue weighted by molar-refractivity contribution is -0.123. The van der Waals surface area contributed by atoms with Gasteiger partial charge in [0.1, 0.15) is 5.78 Å². The molecule has 2 aromatic rings. The van der Waals surface area contributed by atoms with Gasteiger partial charge in [0.2, 0.25) is 0 Å². The van der Waals surface area contributed by atoms with E-state index >= 15 is 0 Å². The Labute approximate surface area is 162 Å². The maximum atomic E-state index is 12.7. The molecule has 0 amide bonds. The first kappa shape index (κ1) is 20.0. The summed E-state index contributed by atoms with van der Waals surface area (Å²) in [7, 11) is -2.99. The Morgan fingerprint density at radius 3 is 2.52 bits per heavy atom. The monoisotopic (exact) mass is 387 g/mol. The van der Waals surface area contributed by atoms with Crippen LogP contribution in [0.2, 0.25) is 0 Å². The van der Waals surface area contributed by atoms with E-state index in [-0.39, 0.29) is 22.8 Å². The third-order valence-corrected chi connectivity index (χ3v) is 8.24. The predicted octanol–water partition coefficient (Wildman–Crippen LogP) is 4.37. The van der Waals surface area contributed by atoms with Gasteiger partial charge < -0.3 is 0 Å². The first-order valence-corrected chi connectivity index (χ1v) is 11.7. The maximum absolute atomic E-state index is 12.7. The van der Waals surface area contributed by atoms with E-state index in [9.17, 15) is 13.2 Å². The van der Waals surface area contributed by atoms with Gasteiger partial charge in [0, 0.05) is 23.9 Å². The highest BCUT2D eigenvalue weighted by Gasteiger charge is 2.29. The lowest BCUT2D eigenvalue weighted by atomic mass is 9.79. The van der Waals surface area contributed by atoms with Crippen molar-refractivity contribution in [2.45, 2.75) is 57.6 Å². The van der Waals surface area contributed by atoms with Gasteiger partial charge in [0.25, 0.3) is 0 Å². The predicted molar refractivity (Wildman–Crippen MR) is 109 cm³/mol. The Hall–Kier alpha value is -1.75. The van der Waals surface area contributed by atoms with Gasteiger partial charge in [-0.2, -0.15) is 0 Å². The van der Waals surface area contributed by atoms with Gasteiger partial charge in [-0.15, -0.1) is 0 Å². The summed E-state index contributed by atoms with van der Waals surface area (Å²) in [6.45, 7) is 3.49. The normalized spacial score (nSPS) is 20.9. The van der Waals surface area contributed by atoms with E-state index in [2.05, 4.69) is 11.1 Å². The fourth-order valence-electron chi connectivity index (χ4n) is 4.01. The minimum Gasteiger partial charge on any atom is -0.299 e. The molecule has 4 nitrogen and oxygen atoms in total. The van der Waals surface area contributed by atoms with E-state index in [1.165, 1.54) is 5.56 Å². The number of rotatable bonds is 7. The fraction of sp³-hybridized carbons (Fsp3) is 0.545. The first-order valence-electron chi connectivity index (χ1n) is 9.93. The topological polar surface area (TPSA) is 64.1 Å². The second-order valence-electron chi connectivity index (χ2n) is 8.05. The molecule has 1 aromatic heterocycles. The summed E-state index contributed by atoms with van der Waals surface area (Å²) in [4.78, 5) is 17.0. The molecule has 1 aliphatic rings. The van der Waals surface area contributed by atoms with E-state index in [0.29, 0.717) is 12.2 Å². The van der Waals surface area contributed by atoms with E-state index in [1.54, 1.807) is 13.8 Å². The number of carbonyl (C=O) groups is 1. The van der Waals surface area contributed by atoms with Crippen molar-refractivity contribution in [3.63, 3.8) is 0 Å². The smallest absolute Gasteiger partial charge is 0.152 e. The molecule has 0 bridgehead atoms. The average molecular weight is 388 g/mol. The van der Waals surface area contributed by atoms with Crippen LogP contribution in [0.5, 0.6) is 0 Å². The highest BCUT2D eigenvalue weighted by Crippen LogP contribution is 2.32. The van der Waals surface area contributed by atoms with Crippen LogP contribution in [0, 0.1) is 11.8 Å². The third kappa shape index (κ3) is 4.95. The largest absolute Gasteiger partial charge is 0.299 e. The summed E-state index contributed by atoms with van der Waals surface area (Å²) < 4.78 is 24.2. The number of aryl methyl sites for hydroxylation is 1. The molecule has 0 atom stereocenters. The third-order valence-electron chi connectivity index (χ3n) is 5.87. The molecule has 1 fully saturated rings. The fourth-order valence-corrected chi connectivity index (χ4v) is 5.38. The number of Topliss-reactive ketones (excluding diaryl/α,β-unsaturated/α-hetero) is 1. The van der Waals surface area contributed by atoms with E-state index in [4.69, 9.17) is 0 Å². The first-order chi connectivity index (χ1) is 12.9. The number of hydrogen-bond acceptors (Lipinski definition) is 4. The van der Waals surface area contributed by atoms with Gasteiger partial charge in [-0.3, -0.25) is 9.78 Å². The van der Waals surface area contributed by atoms with Gasteiger partial charge in [0.05, 0.1) is 16.5 Å². The van der Waals surface area contributed by atoms with Crippen LogP contribution < -0.4 is 0 Å². The molecular weight excluding hydrogens is 358 g/mol. The van der Waals surface area contributed by atoms with Gasteiger partial charge in [-0.1, -0.05) is 18.2 Å². The van der Waals surface area contributed by atoms with Crippen molar-refractivity contribution in [3.8, 4) is 0 Å². The van der Waals surface area contributed by atoms with Gasteiger partial charge in [-0.05, 0) is 69.6 Å². The number of hydrogen-bond donors (Lipinski definition) is 0. The number of benzene rings is 1. The summed E-state index contributed by atoms with van der Waals surface area (Å²) in [5, 5.41) is 0.808. The zero-order valence-corrected chi connectivity index (χ0v) is 17.0. The Morgan fingerprint density at radius 1 is 1.11 bits per heavy atom. The van der Waals surface area contributed by atoms with Gasteiger partial charge in [-0.25, -0.2) is 8.42 Å². The lowest BCUT2D eigenvalue weighted by Gasteiger charge is -2.28. The van der Waals surface area contributed by atoms with Crippen molar-refractivity contribution >= 4 is 26.5 Å². The van der Waals surface area contributed by atoms with Crippen molar-refractivity contribution in [2.24, 2.45) is 11.8 Å². The van der Waals surface area contributed by atoms with E-state index in [0.717, 1.165) is 43.0 Å². The molecular formula is C22H29NO3S. The number of para-hydroxylation sites is 1. The maximum Gasteiger partial charge on any atom is 0.152 e. The summed E-state index contributed by atoms with van der Waals surface area (Å²) in [6.07, 6.45) is 6.45. The Kier molecular flexibility index (Phi) is 6.30. The summed E-state index contributed by atoms with van der Waals surface area (Å²) >= 11 is 0. The minimum absolute atomic E-state index is 0.0936. The van der Waals surface area contributed by atoms with Crippen LogP contribution in [-0.2, 0) is 21.1 Å².